The van der Waals surface area contributed by atoms with E-state index in [1.807, 2.05) is 0 Å². The first kappa shape index (κ1) is 30.0. The number of hydrogen-bond donors (Lipinski definition) is 4. The van der Waals surface area contributed by atoms with E-state index in [0.717, 1.165) is 12.8 Å². The second-order valence-corrected chi connectivity index (χ2v) is 10.6. The quantitative estimate of drug-likeness (QED) is 0.275. The Bertz CT molecular complexity index is 1540. The Morgan fingerprint density at radius 1 is 1.23 bits per heavy atom. The largest absolute Gasteiger partial charge is 0.405 e. The topological polar surface area (TPSA) is 165 Å². The zero-order valence-electron chi connectivity index (χ0n) is 23.2. The Hall–Kier alpha value is -4.50. The van der Waals surface area contributed by atoms with Crippen LogP contribution in [0.2, 0.25) is 0 Å². The number of allylic oxidation sites excluding steroid dienone is 1. The molecule has 2 saturated heterocycles. The summed E-state index contributed by atoms with van der Waals surface area (Å²) in [6.07, 6.45) is 3.95. The van der Waals surface area contributed by atoms with Crippen LogP contribution in [0.1, 0.15) is 24.8 Å². The van der Waals surface area contributed by atoms with Gasteiger partial charge in [-0.05, 0) is 31.0 Å². The number of nitrogens with two attached hydrogens (primary N) is 2. The lowest BCUT2D eigenvalue weighted by Gasteiger charge is -2.47. The van der Waals surface area contributed by atoms with Crippen LogP contribution < -0.4 is 22.1 Å². The second kappa shape index (κ2) is 12.4. The Labute approximate surface area is 245 Å². The number of ether oxygens (including phenoxy) is 1. The third-order valence-corrected chi connectivity index (χ3v) is 7.35. The number of nitrogens with zero attached hydrogens (tertiary/aromatic N) is 5. The molecule has 0 saturated carbocycles. The van der Waals surface area contributed by atoms with Gasteiger partial charge < -0.3 is 31.7 Å². The average molecular weight is 600 g/mol. The number of carbonyl (C=O) groups excluding carboxylic acids is 2. The number of imidazole rings is 1. The molecule has 0 bridgehead atoms. The highest BCUT2D eigenvalue weighted by atomic mass is 19.4. The van der Waals surface area contributed by atoms with Crippen LogP contribution in [0.15, 0.2) is 53.9 Å². The van der Waals surface area contributed by atoms with Crippen molar-refractivity contribution >= 4 is 35.1 Å². The van der Waals surface area contributed by atoms with Crippen molar-refractivity contribution < 1.29 is 27.5 Å². The van der Waals surface area contributed by atoms with Crippen LogP contribution in [0, 0.1) is 0 Å². The summed E-state index contributed by atoms with van der Waals surface area (Å²) in [5.74, 6) is 0.0385. The van der Waals surface area contributed by atoms with Gasteiger partial charge in [-0.25, -0.2) is 14.3 Å². The molecule has 1 aromatic carbocycles. The molecule has 0 spiro atoms. The third kappa shape index (κ3) is 7.11. The minimum Gasteiger partial charge on any atom is -0.404 e. The van der Waals surface area contributed by atoms with Gasteiger partial charge in [0.15, 0.2) is 5.65 Å². The fourth-order valence-corrected chi connectivity index (χ4v) is 5.00. The Balaban J connectivity index is 1.25. The van der Waals surface area contributed by atoms with Crippen molar-refractivity contribution in [1.29, 1.82) is 0 Å². The molecule has 15 heteroatoms. The number of anilines is 1. The number of carbonyl (C=O) groups is 2. The molecule has 3 aromatic rings. The summed E-state index contributed by atoms with van der Waals surface area (Å²) in [6.45, 7) is 0.365. The molecule has 0 aliphatic carbocycles. The molecule has 12 nitrogen and oxygen atoms in total. The van der Waals surface area contributed by atoms with Crippen molar-refractivity contribution in [1.82, 2.24) is 24.8 Å². The van der Waals surface area contributed by atoms with Crippen LogP contribution >= 0.6 is 0 Å². The van der Waals surface area contributed by atoms with E-state index >= 15 is 0 Å². The standard InChI is InChI=1S/C28H32F3N9O3/c29-28(30,31)15-35-26(42)38-21-4-1-3-18(7-21)23-13-34-24-8-19(12-37-40(23)24)20(10-32)11-36-27(14-33)16-39(17-27)25(41)9-22-5-2-6-43-22/h1,3-4,7-8,10-13,22H,2,5-6,9,14-17,32-33H2,(H2,35,38,42). The summed E-state index contributed by atoms with van der Waals surface area (Å²) in [7, 11) is 0. The van der Waals surface area contributed by atoms with Gasteiger partial charge in [0, 0.05) is 61.0 Å². The molecular weight excluding hydrogens is 567 g/mol. The van der Waals surface area contributed by atoms with E-state index in [9.17, 15) is 22.8 Å². The molecule has 228 valence electrons. The van der Waals surface area contributed by atoms with E-state index in [0.29, 0.717) is 59.8 Å². The molecular formula is C28H32F3N9O3. The van der Waals surface area contributed by atoms with Crippen molar-refractivity contribution in [3.8, 4) is 11.3 Å². The lowest BCUT2D eigenvalue weighted by Crippen LogP contribution is -2.66. The summed E-state index contributed by atoms with van der Waals surface area (Å²) >= 11 is 0. The fraction of sp³-hybridized carbons (Fsp3) is 0.393. The summed E-state index contributed by atoms with van der Waals surface area (Å²) in [4.78, 5) is 35.3. The molecule has 2 aliphatic heterocycles. The van der Waals surface area contributed by atoms with Crippen LogP contribution in [-0.4, -0.2) is 88.3 Å². The third-order valence-electron chi connectivity index (χ3n) is 7.35. The number of benzene rings is 1. The van der Waals surface area contributed by atoms with Gasteiger partial charge in [-0.15, -0.1) is 0 Å². The van der Waals surface area contributed by atoms with E-state index in [4.69, 9.17) is 21.2 Å². The first-order valence-corrected chi connectivity index (χ1v) is 13.7. The number of nitrogens with one attached hydrogen (secondary N) is 2. The number of halogens is 3. The number of aliphatic imine (C=N–C) groups is 1. The van der Waals surface area contributed by atoms with Gasteiger partial charge in [0.05, 0.1) is 30.6 Å². The monoisotopic (exact) mass is 599 g/mol. The lowest BCUT2D eigenvalue weighted by molar-refractivity contribution is -0.140. The SMILES string of the molecule is NC=C(C=NC1(CN)CN(C(=O)CC2CCCO2)C1)c1cnn2c(-c3cccc(NC(=O)NCC(F)(F)F)c3)cnc2c1. The molecule has 3 amide bonds. The van der Waals surface area contributed by atoms with Gasteiger partial charge in [0.25, 0.3) is 0 Å². The molecule has 5 rings (SSSR count). The Morgan fingerprint density at radius 3 is 2.74 bits per heavy atom. The number of aromatic nitrogens is 3. The van der Waals surface area contributed by atoms with Crippen LogP contribution in [-0.2, 0) is 9.53 Å². The number of likely N-dealkylation sites (tertiary alicyclic amines) is 1. The van der Waals surface area contributed by atoms with E-state index in [-0.39, 0.29) is 18.6 Å². The molecule has 1 unspecified atom stereocenters. The van der Waals surface area contributed by atoms with Crippen molar-refractivity contribution in [2.45, 2.75) is 37.1 Å². The first-order valence-electron chi connectivity index (χ1n) is 13.7. The predicted octanol–water partition coefficient (Wildman–Crippen LogP) is 2.56. The smallest absolute Gasteiger partial charge is 0.404 e. The normalized spacial score (nSPS) is 18.7. The van der Waals surface area contributed by atoms with Gasteiger partial charge in [0.2, 0.25) is 5.91 Å². The fourth-order valence-electron chi connectivity index (χ4n) is 5.00. The predicted molar refractivity (Wildman–Crippen MR) is 154 cm³/mol. The number of rotatable bonds is 9. The van der Waals surface area contributed by atoms with Crippen LogP contribution in [0.3, 0.4) is 0 Å². The highest BCUT2D eigenvalue weighted by molar-refractivity contribution is 6.10. The average Bonchev–Trinajstić information content (AvgIpc) is 3.63. The molecule has 2 aliphatic rings. The molecule has 1 atom stereocenters. The molecule has 0 radical (unpaired) electrons. The van der Waals surface area contributed by atoms with Gasteiger partial charge in [-0.2, -0.15) is 18.3 Å². The van der Waals surface area contributed by atoms with Crippen LogP contribution in [0.4, 0.5) is 23.7 Å². The van der Waals surface area contributed by atoms with Crippen molar-refractivity contribution in [3.05, 3.63) is 54.5 Å². The minimum absolute atomic E-state index is 0.0139. The van der Waals surface area contributed by atoms with Gasteiger partial charge in [-0.3, -0.25) is 9.79 Å². The van der Waals surface area contributed by atoms with Gasteiger partial charge in [0.1, 0.15) is 12.1 Å². The summed E-state index contributed by atoms with van der Waals surface area (Å²) in [5, 5.41) is 8.66. The molecule has 4 heterocycles. The van der Waals surface area contributed by atoms with Crippen molar-refractivity contribution in [3.63, 3.8) is 0 Å². The number of urea groups is 1. The highest BCUT2D eigenvalue weighted by Gasteiger charge is 2.44. The van der Waals surface area contributed by atoms with E-state index in [2.05, 4.69) is 15.4 Å². The molecule has 2 aromatic heterocycles. The number of amides is 3. The van der Waals surface area contributed by atoms with E-state index in [1.54, 1.807) is 63.7 Å². The Kier molecular flexibility index (Phi) is 8.64. The maximum atomic E-state index is 12.6. The number of hydrogen-bond acceptors (Lipinski definition) is 8. The Morgan fingerprint density at radius 2 is 2.05 bits per heavy atom. The highest BCUT2D eigenvalue weighted by Crippen LogP contribution is 2.28. The van der Waals surface area contributed by atoms with E-state index in [1.165, 1.54) is 6.20 Å². The van der Waals surface area contributed by atoms with Crippen molar-refractivity contribution in [2.75, 3.05) is 38.1 Å². The number of fused-ring (bicyclic) bond motifs is 1. The van der Waals surface area contributed by atoms with Gasteiger partial charge in [-0.1, -0.05) is 12.1 Å². The second-order valence-electron chi connectivity index (χ2n) is 10.6. The van der Waals surface area contributed by atoms with Crippen molar-refractivity contribution in [2.24, 2.45) is 16.5 Å². The van der Waals surface area contributed by atoms with Crippen LogP contribution in [0.25, 0.3) is 22.5 Å². The van der Waals surface area contributed by atoms with Crippen LogP contribution in [0.5, 0.6) is 0 Å². The zero-order valence-corrected chi connectivity index (χ0v) is 23.2. The minimum atomic E-state index is -4.51. The first-order chi connectivity index (χ1) is 20.6. The molecule has 43 heavy (non-hydrogen) atoms. The summed E-state index contributed by atoms with van der Waals surface area (Å²) < 4.78 is 44.3. The molecule has 6 N–H and O–H groups in total. The lowest BCUT2D eigenvalue weighted by atomic mass is 9.89. The van der Waals surface area contributed by atoms with E-state index < -0.39 is 24.3 Å². The maximum Gasteiger partial charge on any atom is 0.405 e. The van der Waals surface area contributed by atoms with Gasteiger partial charge >= 0.3 is 12.2 Å². The summed E-state index contributed by atoms with van der Waals surface area (Å²) in [5.41, 5.74) is 14.6. The molecule has 2 fully saturated rings. The zero-order chi connectivity index (χ0) is 30.6. The number of alkyl halides is 3. The summed E-state index contributed by atoms with van der Waals surface area (Å²) in [6, 6.07) is 7.37. The maximum absolute atomic E-state index is 12.6.